The van der Waals surface area contributed by atoms with Crippen molar-refractivity contribution in [2.24, 2.45) is 10.1 Å². The van der Waals surface area contributed by atoms with Gasteiger partial charge in [0, 0.05) is 48.0 Å². The van der Waals surface area contributed by atoms with E-state index in [4.69, 9.17) is 25.1 Å². The fourth-order valence-electron chi connectivity index (χ4n) is 5.37. The van der Waals surface area contributed by atoms with Gasteiger partial charge in [0.25, 0.3) is 5.91 Å². The number of hydrogen-bond donors (Lipinski definition) is 2. The molecule has 4 aromatic rings. The second-order valence-electron chi connectivity index (χ2n) is 11.0. The Morgan fingerprint density at radius 3 is 2.51 bits per heavy atom. The molecule has 1 aliphatic rings. The van der Waals surface area contributed by atoms with E-state index in [2.05, 4.69) is 15.3 Å². The maximum atomic E-state index is 14.5. The molecular weight excluding hydrogens is 617 g/mol. The molecule has 2 N–H and O–H groups in total. The molecule has 0 radical (unpaired) electrons. The summed E-state index contributed by atoms with van der Waals surface area (Å²) in [4.78, 5) is 22.5. The smallest absolute Gasteiger partial charge is 0.252 e. The Kier molecular flexibility index (Phi) is 11.9. The molecule has 0 aromatic heterocycles. The van der Waals surface area contributed by atoms with Crippen LogP contribution in [-0.4, -0.2) is 48.0 Å². The first kappa shape index (κ1) is 33.5. The van der Waals surface area contributed by atoms with Crippen LogP contribution >= 0.6 is 11.8 Å². The van der Waals surface area contributed by atoms with Crippen molar-refractivity contribution in [1.82, 2.24) is 5.32 Å². The molecule has 11 heteroatoms. The zero-order chi connectivity index (χ0) is 32.9. The lowest BCUT2D eigenvalue weighted by molar-refractivity contribution is -0.128. The third kappa shape index (κ3) is 8.71. The van der Waals surface area contributed by atoms with E-state index >= 15 is 0 Å². The maximum Gasteiger partial charge on any atom is 0.252 e. The first-order valence-electron chi connectivity index (χ1n) is 15.4. The SMILES string of the molecule is [N-]=[N+]=NCc1ccccc1[C@H]1OC(c2ccc(OCCCO)cc2)=N[C@@]1(Cc1ccccc1)C(=O)NCCSCc1ccc(F)cc1. The Morgan fingerprint density at radius 2 is 1.77 bits per heavy atom. The second-order valence-corrected chi connectivity index (χ2v) is 12.1. The van der Waals surface area contributed by atoms with Gasteiger partial charge in [0.15, 0.2) is 11.6 Å². The number of hydrogen-bond acceptors (Lipinski definition) is 7. The molecule has 2 atom stereocenters. The van der Waals surface area contributed by atoms with Crippen LogP contribution in [0, 0.1) is 5.82 Å². The molecule has 0 saturated carbocycles. The van der Waals surface area contributed by atoms with Crippen molar-refractivity contribution >= 4 is 23.6 Å². The van der Waals surface area contributed by atoms with Gasteiger partial charge in [-0.2, -0.15) is 11.8 Å². The summed E-state index contributed by atoms with van der Waals surface area (Å²) in [6.45, 7) is 0.910. The van der Waals surface area contributed by atoms with E-state index in [1.807, 2.05) is 66.7 Å². The molecule has 9 nitrogen and oxygen atoms in total. The topological polar surface area (TPSA) is 129 Å². The standard InChI is InChI=1S/C36H36FN5O4S/c37-30-15-11-27(12-16-30)25-47-22-19-39-35(44)36(23-26-7-2-1-3-8-26)33(32-10-5-4-9-29(32)24-40-42-38)46-34(41-36)28-13-17-31(18-14-28)45-21-6-20-43/h1-5,7-18,33,43H,6,19-25H2,(H,39,44)/t33-,36-/m1/s1. The molecule has 5 rings (SSSR count). The van der Waals surface area contributed by atoms with Crippen LogP contribution in [0.15, 0.2) is 113 Å². The lowest BCUT2D eigenvalue weighted by Gasteiger charge is -2.31. The molecule has 1 heterocycles. The minimum absolute atomic E-state index is 0.0454. The molecule has 0 aliphatic carbocycles. The van der Waals surface area contributed by atoms with Crippen molar-refractivity contribution in [3.05, 3.63) is 147 Å². The number of nitrogens with zero attached hydrogens (tertiary/aromatic N) is 4. The average Bonchev–Trinajstić information content (AvgIpc) is 3.49. The van der Waals surface area contributed by atoms with Crippen LogP contribution in [-0.2, 0) is 28.2 Å². The molecule has 1 amide bonds. The highest BCUT2D eigenvalue weighted by Crippen LogP contribution is 2.43. The van der Waals surface area contributed by atoms with Gasteiger partial charge in [0.2, 0.25) is 5.90 Å². The maximum absolute atomic E-state index is 14.5. The fourth-order valence-corrected chi connectivity index (χ4v) is 6.19. The van der Waals surface area contributed by atoms with Gasteiger partial charge in [-0.1, -0.05) is 71.8 Å². The highest BCUT2D eigenvalue weighted by atomic mass is 32.2. The van der Waals surface area contributed by atoms with E-state index in [0.717, 1.165) is 16.7 Å². The van der Waals surface area contributed by atoms with Crippen molar-refractivity contribution in [1.29, 1.82) is 0 Å². The van der Waals surface area contributed by atoms with Gasteiger partial charge >= 0.3 is 0 Å². The summed E-state index contributed by atoms with van der Waals surface area (Å²) >= 11 is 1.64. The summed E-state index contributed by atoms with van der Waals surface area (Å²) in [5, 5.41) is 16.0. The number of aliphatic hydroxyl groups excluding tert-OH is 1. The van der Waals surface area contributed by atoms with Crippen molar-refractivity contribution in [2.45, 2.75) is 36.8 Å². The molecule has 242 valence electrons. The van der Waals surface area contributed by atoms with Gasteiger partial charge in [0.1, 0.15) is 11.6 Å². The summed E-state index contributed by atoms with van der Waals surface area (Å²) in [5.74, 6) is 1.72. The number of thioether (sulfide) groups is 1. The van der Waals surface area contributed by atoms with E-state index in [9.17, 15) is 9.18 Å². The van der Waals surface area contributed by atoms with Crippen molar-refractivity contribution in [2.75, 3.05) is 25.5 Å². The first-order valence-corrected chi connectivity index (χ1v) is 16.5. The molecule has 0 unspecified atom stereocenters. The third-order valence-electron chi connectivity index (χ3n) is 7.70. The Hall–Kier alpha value is -4.83. The summed E-state index contributed by atoms with van der Waals surface area (Å²) in [6, 6.07) is 30.8. The van der Waals surface area contributed by atoms with Crippen LogP contribution in [0.4, 0.5) is 4.39 Å². The Balaban J connectivity index is 1.47. The molecule has 4 aromatic carbocycles. The molecular formula is C36H36FN5O4S. The Bertz CT molecular complexity index is 1700. The van der Waals surface area contributed by atoms with Gasteiger partial charge in [-0.25, -0.2) is 9.38 Å². The van der Waals surface area contributed by atoms with Gasteiger partial charge in [-0.15, -0.1) is 0 Å². The summed E-state index contributed by atoms with van der Waals surface area (Å²) in [6.07, 6.45) is -0.0411. The summed E-state index contributed by atoms with van der Waals surface area (Å²) in [7, 11) is 0. The number of halogens is 1. The molecule has 0 fully saturated rings. The molecule has 1 aliphatic heterocycles. The number of benzene rings is 4. The van der Waals surface area contributed by atoms with Crippen LogP contribution in [0.25, 0.3) is 10.4 Å². The predicted octanol–water partition coefficient (Wildman–Crippen LogP) is 6.95. The van der Waals surface area contributed by atoms with Crippen LogP contribution in [0.3, 0.4) is 0 Å². The number of azide groups is 1. The van der Waals surface area contributed by atoms with E-state index in [1.54, 1.807) is 36.0 Å². The minimum atomic E-state index is -1.39. The number of aliphatic hydroxyl groups is 1. The van der Waals surface area contributed by atoms with Crippen molar-refractivity contribution in [3.63, 3.8) is 0 Å². The van der Waals surface area contributed by atoms with E-state index in [0.29, 0.717) is 53.9 Å². The van der Waals surface area contributed by atoms with E-state index in [1.165, 1.54) is 12.1 Å². The summed E-state index contributed by atoms with van der Waals surface area (Å²) in [5.41, 5.74) is 11.7. The zero-order valence-electron chi connectivity index (χ0n) is 25.8. The second kappa shape index (κ2) is 16.6. The van der Waals surface area contributed by atoms with Crippen molar-refractivity contribution < 1.29 is 23.8 Å². The number of nitrogens with one attached hydrogen (secondary N) is 1. The van der Waals surface area contributed by atoms with Gasteiger partial charge in [-0.05, 0) is 64.2 Å². The normalized spacial score (nSPS) is 16.9. The number of rotatable bonds is 16. The third-order valence-corrected chi connectivity index (χ3v) is 8.73. The van der Waals surface area contributed by atoms with Gasteiger partial charge in [-0.3, -0.25) is 4.79 Å². The lowest BCUT2D eigenvalue weighted by Crippen LogP contribution is -2.50. The zero-order valence-corrected chi connectivity index (χ0v) is 26.6. The summed E-state index contributed by atoms with van der Waals surface area (Å²) < 4.78 is 25.6. The lowest BCUT2D eigenvalue weighted by atomic mass is 9.80. The number of aliphatic imine (C=N–C) groups is 1. The van der Waals surface area contributed by atoms with Crippen LogP contribution < -0.4 is 10.1 Å². The Morgan fingerprint density at radius 1 is 1.02 bits per heavy atom. The average molecular weight is 654 g/mol. The van der Waals surface area contributed by atoms with Gasteiger partial charge < -0.3 is 19.9 Å². The molecule has 0 bridgehead atoms. The van der Waals surface area contributed by atoms with Crippen LogP contribution in [0.2, 0.25) is 0 Å². The fraction of sp³-hybridized carbons (Fsp3) is 0.278. The molecule has 0 spiro atoms. The highest BCUT2D eigenvalue weighted by molar-refractivity contribution is 7.98. The number of ether oxygens (including phenoxy) is 2. The van der Waals surface area contributed by atoms with E-state index < -0.39 is 11.6 Å². The van der Waals surface area contributed by atoms with Gasteiger partial charge in [0.05, 0.1) is 13.2 Å². The number of carbonyl (C=O) groups is 1. The molecule has 0 saturated heterocycles. The minimum Gasteiger partial charge on any atom is -0.494 e. The Labute approximate surface area is 277 Å². The quantitative estimate of drug-likeness (QED) is 0.0586. The van der Waals surface area contributed by atoms with Crippen molar-refractivity contribution in [3.8, 4) is 5.75 Å². The van der Waals surface area contributed by atoms with Crippen LogP contribution in [0.1, 0.15) is 40.3 Å². The molecule has 47 heavy (non-hydrogen) atoms. The number of carbonyl (C=O) groups excluding carboxylic acids is 1. The number of amides is 1. The highest BCUT2D eigenvalue weighted by Gasteiger charge is 2.53. The monoisotopic (exact) mass is 653 g/mol. The first-order chi connectivity index (χ1) is 23.0. The predicted molar refractivity (Wildman–Crippen MR) is 182 cm³/mol. The van der Waals surface area contributed by atoms with Crippen LogP contribution in [0.5, 0.6) is 5.75 Å². The largest absolute Gasteiger partial charge is 0.494 e. The van der Waals surface area contributed by atoms with E-state index in [-0.39, 0.29) is 31.3 Å².